The van der Waals surface area contributed by atoms with E-state index in [2.05, 4.69) is 0 Å². The van der Waals surface area contributed by atoms with Crippen LogP contribution in [-0.4, -0.2) is 29.2 Å². The van der Waals surface area contributed by atoms with Crippen molar-refractivity contribution in [2.45, 2.75) is 12.8 Å². The van der Waals surface area contributed by atoms with E-state index < -0.39 is 17.5 Å². The van der Waals surface area contributed by atoms with Gasteiger partial charge in [0.15, 0.2) is 0 Å². The molecule has 0 radical (unpaired) electrons. The SMILES string of the molecule is O=C1C(=O)c2ccccc2C(O)=C1CCCOC(=O)c1ccc2ccccc2c1. The van der Waals surface area contributed by atoms with Crippen LogP contribution in [0.5, 0.6) is 0 Å². The Kier molecular flexibility index (Phi) is 4.96. The van der Waals surface area contributed by atoms with Crippen LogP contribution in [0.3, 0.4) is 0 Å². The maximum atomic E-state index is 12.3. The summed E-state index contributed by atoms with van der Waals surface area (Å²) < 4.78 is 5.30. The number of aliphatic hydroxyl groups excluding tert-OH is 1. The lowest BCUT2D eigenvalue weighted by Crippen LogP contribution is -2.24. The number of ketones is 2. The van der Waals surface area contributed by atoms with Crippen LogP contribution in [0.25, 0.3) is 16.5 Å². The van der Waals surface area contributed by atoms with Crippen molar-refractivity contribution in [3.63, 3.8) is 0 Å². The van der Waals surface area contributed by atoms with Gasteiger partial charge in [-0.2, -0.15) is 0 Å². The molecule has 0 fully saturated rings. The van der Waals surface area contributed by atoms with E-state index >= 15 is 0 Å². The van der Waals surface area contributed by atoms with E-state index in [0.29, 0.717) is 17.5 Å². The number of carbonyl (C=O) groups is 3. The molecule has 144 valence electrons. The molecule has 0 unspecified atom stereocenters. The maximum absolute atomic E-state index is 12.3. The average Bonchev–Trinajstić information content (AvgIpc) is 2.76. The zero-order valence-corrected chi connectivity index (χ0v) is 15.6. The van der Waals surface area contributed by atoms with E-state index in [4.69, 9.17) is 4.74 Å². The molecule has 0 aliphatic heterocycles. The summed E-state index contributed by atoms with van der Waals surface area (Å²) in [6.45, 7) is 0.0750. The maximum Gasteiger partial charge on any atom is 0.338 e. The number of hydrogen-bond acceptors (Lipinski definition) is 5. The van der Waals surface area contributed by atoms with Crippen LogP contribution < -0.4 is 0 Å². The molecule has 4 rings (SSSR count). The topological polar surface area (TPSA) is 80.7 Å². The summed E-state index contributed by atoms with van der Waals surface area (Å²) in [4.78, 5) is 36.8. The molecule has 1 aliphatic rings. The Bertz CT molecular complexity index is 1170. The van der Waals surface area contributed by atoms with Gasteiger partial charge in [0.25, 0.3) is 0 Å². The van der Waals surface area contributed by atoms with Gasteiger partial charge in [0, 0.05) is 16.7 Å². The Labute approximate surface area is 167 Å². The summed E-state index contributed by atoms with van der Waals surface area (Å²) in [5.41, 5.74) is 1.08. The van der Waals surface area contributed by atoms with Gasteiger partial charge in [0.1, 0.15) is 5.76 Å². The fourth-order valence-electron chi connectivity index (χ4n) is 3.46. The third kappa shape index (κ3) is 3.55. The van der Waals surface area contributed by atoms with Crippen LogP contribution >= 0.6 is 0 Å². The minimum Gasteiger partial charge on any atom is -0.507 e. The number of allylic oxidation sites excluding steroid dienone is 1. The highest BCUT2D eigenvalue weighted by molar-refractivity contribution is 6.52. The normalized spacial score (nSPS) is 13.5. The third-order valence-electron chi connectivity index (χ3n) is 4.98. The van der Waals surface area contributed by atoms with E-state index in [0.717, 1.165) is 10.8 Å². The lowest BCUT2D eigenvalue weighted by molar-refractivity contribution is -0.112. The number of benzene rings is 3. The van der Waals surface area contributed by atoms with Gasteiger partial charge in [-0.25, -0.2) is 4.79 Å². The predicted molar refractivity (Wildman–Crippen MR) is 109 cm³/mol. The Morgan fingerprint density at radius 1 is 0.828 bits per heavy atom. The Morgan fingerprint density at radius 2 is 1.52 bits per heavy atom. The van der Waals surface area contributed by atoms with Gasteiger partial charge in [-0.05, 0) is 35.7 Å². The zero-order chi connectivity index (χ0) is 20.4. The lowest BCUT2D eigenvalue weighted by atomic mass is 9.86. The van der Waals surface area contributed by atoms with Gasteiger partial charge in [-0.1, -0.05) is 54.6 Å². The van der Waals surface area contributed by atoms with E-state index in [1.165, 1.54) is 6.07 Å². The summed E-state index contributed by atoms with van der Waals surface area (Å²) in [5, 5.41) is 12.4. The predicted octanol–water partition coefficient (Wildman–Crippen LogP) is 4.51. The molecule has 3 aromatic rings. The first kappa shape index (κ1) is 18.6. The molecule has 0 saturated heterocycles. The van der Waals surface area contributed by atoms with E-state index in [1.807, 2.05) is 30.3 Å². The molecule has 5 heteroatoms. The van der Waals surface area contributed by atoms with Crippen LogP contribution in [0.1, 0.15) is 39.1 Å². The number of hydrogen-bond donors (Lipinski definition) is 1. The number of rotatable bonds is 5. The van der Waals surface area contributed by atoms with Crippen molar-refractivity contribution < 1.29 is 24.2 Å². The summed E-state index contributed by atoms with van der Waals surface area (Å²) >= 11 is 0. The number of esters is 1. The highest BCUT2D eigenvalue weighted by Crippen LogP contribution is 2.29. The molecule has 0 aromatic heterocycles. The first-order valence-corrected chi connectivity index (χ1v) is 9.33. The molecule has 0 heterocycles. The number of aliphatic hydroxyl groups is 1. The second kappa shape index (κ2) is 7.72. The number of fused-ring (bicyclic) bond motifs is 2. The van der Waals surface area contributed by atoms with Gasteiger partial charge >= 0.3 is 5.97 Å². The molecule has 5 nitrogen and oxygen atoms in total. The van der Waals surface area contributed by atoms with Crippen molar-refractivity contribution in [3.05, 3.63) is 89.0 Å². The van der Waals surface area contributed by atoms with Crippen molar-refractivity contribution in [2.75, 3.05) is 6.61 Å². The second-order valence-electron chi connectivity index (χ2n) is 6.83. The molecule has 0 saturated carbocycles. The van der Waals surface area contributed by atoms with Crippen LogP contribution in [0.4, 0.5) is 0 Å². The summed E-state index contributed by atoms with van der Waals surface area (Å²) in [7, 11) is 0. The van der Waals surface area contributed by atoms with Crippen molar-refractivity contribution in [1.29, 1.82) is 0 Å². The van der Waals surface area contributed by atoms with Crippen LogP contribution in [-0.2, 0) is 9.53 Å². The van der Waals surface area contributed by atoms with Crippen molar-refractivity contribution in [1.82, 2.24) is 0 Å². The molecule has 0 bridgehead atoms. The van der Waals surface area contributed by atoms with Gasteiger partial charge < -0.3 is 9.84 Å². The van der Waals surface area contributed by atoms with Crippen molar-refractivity contribution >= 4 is 34.1 Å². The number of Topliss-reactive ketones (excluding diaryl/α,β-unsaturated/α-hetero) is 2. The zero-order valence-electron chi connectivity index (χ0n) is 15.6. The Balaban J connectivity index is 1.40. The highest BCUT2D eigenvalue weighted by atomic mass is 16.5. The second-order valence-corrected chi connectivity index (χ2v) is 6.83. The highest BCUT2D eigenvalue weighted by Gasteiger charge is 2.32. The van der Waals surface area contributed by atoms with Crippen LogP contribution in [0, 0.1) is 0 Å². The molecule has 0 amide bonds. The van der Waals surface area contributed by atoms with Crippen molar-refractivity contribution in [3.8, 4) is 0 Å². The van der Waals surface area contributed by atoms with E-state index in [1.54, 1.807) is 30.3 Å². The number of ether oxygens (including phenoxy) is 1. The third-order valence-corrected chi connectivity index (χ3v) is 4.98. The van der Waals surface area contributed by atoms with Crippen LogP contribution in [0.2, 0.25) is 0 Å². The smallest absolute Gasteiger partial charge is 0.338 e. The monoisotopic (exact) mass is 386 g/mol. The lowest BCUT2D eigenvalue weighted by Gasteiger charge is -2.17. The molecule has 1 aliphatic carbocycles. The fraction of sp³-hybridized carbons (Fsp3) is 0.125. The van der Waals surface area contributed by atoms with E-state index in [-0.39, 0.29) is 29.9 Å². The average molecular weight is 386 g/mol. The Morgan fingerprint density at radius 3 is 2.31 bits per heavy atom. The van der Waals surface area contributed by atoms with Gasteiger partial charge in [0.05, 0.1) is 12.2 Å². The molecular weight excluding hydrogens is 368 g/mol. The van der Waals surface area contributed by atoms with Gasteiger partial charge in [0.2, 0.25) is 11.6 Å². The van der Waals surface area contributed by atoms with Crippen molar-refractivity contribution in [2.24, 2.45) is 0 Å². The first-order valence-electron chi connectivity index (χ1n) is 9.33. The van der Waals surface area contributed by atoms with Crippen LogP contribution in [0.15, 0.2) is 72.3 Å². The molecule has 0 atom stereocenters. The van der Waals surface area contributed by atoms with E-state index in [9.17, 15) is 19.5 Å². The quantitative estimate of drug-likeness (QED) is 0.396. The summed E-state index contributed by atoms with van der Waals surface area (Å²) in [6.07, 6.45) is 0.468. The summed E-state index contributed by atoms with van der Waals surface area (Å²) in [5.74, 6) is -1.96. The standard InChI is InChI=1S/C24H18O5/c25-21-18-8-3-4-9-19(18)22(26)23(27)20(21)10-5-13-29-24(28)17-12-11-15-6-1-2-7-16(15)14-17/h1-4,6-9,11-12,14,25H,5,10,13H2. The molecule has 0 spiro atoms. The minimum atomic E-state index is -0.706. The molecular formula is C24H18O5. The largest absolute Gasteiger partial charge is 0.507 e. The molecule has 3 aromatic carbocycles. The van der Waals surface area contributed by atoms with Gasteiger partial charge in [-0.3, -0.25) is 9.59 Å². The minimum absolute atomic E-state index is 0.0652. The number of carbonyl (C=O) groups excluding carboxylic acids is 3. The summed E-state index contributed by atoms with van der Waals surface area (Å²) in [6, 6.07) is 19.5. The van der Waals surface area contributed by atoms with Gasteiger partial charge in [-0.15, -0.1) is 0 Å². The fourth-order valence-corrected chi connectivity index (χ4v) is 3.46. The molecule has 29 heavy (non-hydrogen) atoms. The molecule has 1 N–H and O–H groups in total. The Hall–Kier alpha value is -3.73. The first-order chi connectivity index (χ1) is 14.1.